The van der Waals surface area contributed by atoms with E-state index in [4.69, 9.17) is 5.26 Å². The Kier molecular flexibility index (Phi) is 6.60. The van der Waals surface area contributed by atoms with Crippen LogP contribution in [0.1, 0.15) is 18.1 Å². The molecule has 0 bridgehead atoms. The zero-order valence-corrected chi connectivity index (χ0v) is 14.9. The summed E-state index contributed by atoms with van der Waals surface area (Å²) in [6.45, 7) is 0.805. The number of alkyl halides is 3. The summed E-state index contributed by atoms with van der Waals surface area (Å²) >= 11 is 0. The zero-order chi connectivity index (χ0) is 20.7. The first-order chi connectivity index (χ1) is 13.2. The molecule has 0 aromatic heterocycles. The summed E-state index contributed by atoms with van der Waals surface area (Å²) in [5.74, 6) is -1.03. The van der Waals surface area contributed by atoms with Crippen LogP contribution in [0.5, 0.6) is 0 Å². The molecule has 146 valence electrons. The lowest BCUT2D eigenvalue weighted by molar-refractivity contribution is -0.137. The van der Waals surface area contributed by atoms with Crippen LogP contribution in [-0.4, -0.2) is 18.4 Å². The van der Waals surface area contributed by atoms with Gasteiger partial charge in [-0.2, -0.15) is 18.4 Å². The van der Waals surface area contributed by atoms with Crippen molar-refractivity contribution in [2.75, 3.05) is 22.5 Å². The van der Waals surface area contributed by atoms with Crippen LogP contribution in [-0.2, 0) is 22.2 Å². The minimum Gasteiger partial charge on any atom is -0.376 e. The van der Waals surface area contributed by atoms with E-state index in [1.165, 1.54) is 13.0 Å². The Morgan fingerprint density at radius 1 is 1.04 bits per heavy atom. The molecule has 2 amide bonds. The highest BCUT2D eigenvalue weighted by molar-refractivity contribution is 5.94. The number of benzene rings is 2. The Hall–Kier alpha value is -3.54. The van der Waals surface area contributed by atoms with Gasteiger partial charge in [0, 0.05) is 24.0 Å². The number of rotatable bonds is 6. The number of amides is 2. The van der Waals surface area contributed by atoms with Crippen LogP contribution in [0.15, 0.2) is 42.5 Å². The van der Waals surface area contributed by atoms with Gasteiger partial charge in [-0.05, 0) is 35.9 Å². The van der Waals surface area contributed by atoms with Crippen molar-refractivity contribution in [1.82, 2.24) is 0 Å². The first-order valence-electron chi connectivity index (χ1n) is 8.17. The van der Waals surface area contributed by atoms with Crippen molar-refractivity contribution in [3.05, 3.63) is 53.6 Å². The number of hydrogen-bond acceptors (Lipinski definition) is 4. The first-order valence-corrected chi connectivity index (χ1v) is 8.17. The van der Waals surface area contributed by atoms with Gasteiger partial charge in [0.1, 0.15) is 0 Å². The number of carbonyl (C=O) groups is 2. The maximum absolute atomic E-state index is 13.3. The van der Waals surface area contributed by atoms with E-state index in [2.05, 4.69) is 16.0 Å². The maximum atomic E-state index is 13.3. The number of halogens is 3. The third kappa shape index (κ3) is 6.02. The van der Waals surface area contributed by atoms with E-state index in [-0.39, 0.29) is 24.3 Å². The van der Waals surface area contributed by atoms with Crippen LogP contribution >= 0.6 is 0 Å². The van der Waals surface area contributed by atoms with Crippen LogP contribution < -0.4 is 16.0 Å². The van der Waals surface area contributed by atoms with E-state index in [0.29, 0.717) is 5.69 Å². The lowest BCUT2D eigenvalue weighted by Gasteiger charge is -2.16. The highest BCUT2D eigenvalue weighted by Gasteiger charge is 2.34. The van der Waals surface area contributed by atoms with Crippen molar-refractivity contribution in [1.29, 1.82) is 5.26 Å². The largest absolute Gasteiger partial charge is 0.418 e. The van der Waals surface area contributed by atoms with E-state index >= 15 is 0 Å². The number of hydrogen-bond donors (Lipinski definition) is 3. The molecule has 2 rings (SSSR count). The number of anilines is 3. The van der Waals surface area contributed by atoms with Gasteiger partial charge in [0.05, 0.1) is 24.6 Å². The van der Waals surface area contributed by atoms with E-state index in [1.807, 2.05) is 6.07 Å². The molecule has 3 N–H and O–H groups in total. The normalized spacial score (nSPS) is 10.7. The number of nitrogens with zero attached hydrogens (tertiary/aromatic N) is 1. The van der Waals surface area contributed by atoms with Crippen LogP contribution in [0.25, 0.3) is 0 Å². The molecule has 0 fully saturated rings. The standard InChI is InChI=1S/C19H17F3N4O2/c1-12(27)25-15-6-7-17(16(10-15)19(20,21)22)24-11-18(28)26-14-4-2-13(3-5-14)8-9-23/h2-7,10,24H,8,11H2,1H3,(H,25,27)(H,26,28). The van der Waals surface area contributed by atoms with Crippen molar-refractivity contribution in [3.8, 4) is 6.07 Å². The highest BCUT2D eigenvalue weighted by atomic mass is 19.4. The molecule has 2 aromatic carbocycles. The van der Waals surface area contributed by atoms with Crippen molar-refractivity contribution >= 4 is 28.9 Å². The fourth-order valence-corrected chi connectivity index (χ4v) is 2.39. The Balaban J connectivity index is 2.05. The predicted molar refractivity (Wildman–Crippen MR) is 98.6 cm³/mol. The molecule has 0 radical (unpaired) electrons. The monoisotopic (exact) mass is 390 g/mol. The van der Waals surface area contributed by atoms with Gasteiger partial charge in [0.2, 0.25) is 11.8 Å². The average molecular weight is 390 g/mol. The van der Waals surface area contributed by atoms with Crippen molar-refractivity contribution in [3.63, 3.8) is 0 Å². The Labute approximate surface area is 159 Å². The fraction of sp³-hybridized carbons (Fsp3) is 0.211. The van der Waals surface area contributed by atoms with Gasteiger partial charge in [-0.1, -0.05) is 12.1 Å². The Morgan fingerprint density at radius 3 is 2.25 bits per heavy atom. The van der Waals surface area contributed by atoms with Gasteiger partial charge < -0.3 is 16.0 Å². The molecule has 2 aromatic rings. The molecular formula is C19H17F3N4O2. The number of nitrogens with one attached hydrogen (secondary N) is 3. The van der Waals surface area contributed by atoms with Crippen LogP contribution in [0.2, 0.25) is 0 Å². The van der Waals surface area contributed by atoms with Gasteiger partial charge in [0.15, 0.2) is 0 Å². The quantitative estimate of drug-likeness (QED) is 0.700. The minimum absolute atomic E-state index is 0.00675. The third-order valence-corrected chi connectivity index (χ3v) is 3.61. The second kappa shape index (κ2) is 8.90. The molecule has 0 aliphatic carbocycles. The summed E-state index contributed by atoms with van der Waals surface area (Å²) in [6, 6.07) is 11.8. The second-order valence-electron chi connectivity index (χ2n) is 5.87. The molecular weight excluding hydrogens is 373 g/mol. The number of nitriles is 1. The van der Waals surface area contributed by atoms with E-state index in [1.54, 1.807) is 24.3 Å². The van der Waals surface area contributed by atoms with Crippen LogP contribution in [0.4, 0.5) is 30.2 Å². The van der Waals surface area contributed by atoms with Gasteiger partial charge >= 0.3 is 6.18 Å². The van der Waals surface area contributed by atoms with Crippen molar-refractivity contribution < 1.29 is 22.8 Å². The fourth-order valence-electron chi connectivity index (χ4n) is 2.39. The highest BCUT2D eigenvalue weighted by Crippen LogP contribution is 2.36. The summed E-state index contributed by atoms with van der Waals surface area (Å²) in [6.07, 6.45) is -4.42. The summed E-state index contributed by atoms with van der Waals surface area (Å²) in [5, 5.41) is 15.9. The molecule has 0 saturated heterocycles. The molecule has 0 heterocycles. The van der Waals surface area contributed by atoms with Crippen molar-refractivity contribution in [2.45, 2.75) is 19.5 Å². The molecule has 0 saturated carbocycles. The molecule has 0 atom stereocenters. The van der Waals surface area contributed by atoms with E-state index in [0.717, 1.165) is 17.7 Å². The molecule has 28 heavy (non-hydrogen) atoms. The van der Waals surface area contributed by atoms with Gasteiger partial charge in [-0.15, -0.1) is 0 Å². The molecule has 0 aliphatic heterocycles. The summed E-state index contributed by atoms with van der Waals surface area (Å²) in [7, 11) is 0. The smallest absolute Gasteiger partial charge is 0.376 e. The second-order valence-corrected chi connectivity index (χ2v) is 5.87. The minimum atomic E-state index is -4.66. The molecule has 0 aliphatic rings. The third-order valence-electron chi connectivity index (χ3n) is 3.61. The molecule has 6 nitrogen and oxygen atoms in total. The van der Waals surface area contributed by atoms with Crippen molar-refractivity contribution in [2.24, 2.45) is 0 Å². The topological polar surface area (TPSA) is 94.0 Å². The van der Waals surface area contributed by atoms with Gasteiger partial charge in [0.25, 0.3) is 0 Å². The zero-order valence-electron chi connectivity index (χ0n) is 14.9. The molecule has 9 heteroatoms. The van der Waals surface area contributed by atoms with Gasteiger partial charge in [-0.3, -0.25) is 9.59 Å². The lowest BCUT2D eigenvalue weighted by Crippen LogP contribution is -2.23. The van der Waals surface area contributed by atoms with Gasteiger partial charge in [-0.25, -0.2) is 0 Å². The summed E-state index contributed by atoms with van der Waals surface area (Å²) < 4.78 is 39.8. The Bertz CT molecular complexity index is 903. The Morgan fingerprint density at radius 2 is 1.68 bits per heavy atom. The first kappa shape index (κ1) is 20.8. The number of carbonyl (C=O) groups excluding carboxylic acids is 2. The predicted octanol–water partition coefficient (Wildman–Crippen LogP) is 3.78. The summed E-state index contributed by atoms with van der Waals surface area (Å²) in [5.41, 5.74) is -0.0148. The summed E-state index contributed by atoms with van der Waals surface area (Å²) in [4.78, 5) is 23.0. The SMILES string of the molecule is CC(=O)Nc1ccc(NCC(=O)Nc2ccc(CC#N)cc2)c(C(F)(F)F)c1. The van der Waals surface area contributed by atoms with E-state index in [9.17, 15) is 22.8 Å². The van der Waals surface area contributed by atoms with Crippen LogP contribution in [0.3, 0.4) is 0 Å². The molecule has 0 spiro atoms. The molecule has 0 unspecified atom stereocenters. The van der Waals surface area contributed by atoms with Crippen LogP contribution in [0, 0.1) is 11.3 Å². The van der Waals surface area contributed by atoms with E-state index < -0.39 is 23.6 Å². The average Bonchev–Trinajstić information content (AvgIpc) is 2.61. The maximum Gasteiger partial charge on any atom is 0.418 e. The lowest BCUT2D eigenvalue weighted by atomic mass is 10.1.